The summed E-state index contributed by atoms with van der Waals surface area (Å²) in [5.41, 5.74) is 0.480. The molecule has 1 aromatic carbocycles. The summed E-state index contributed by atoms with van der Waals surface area (Å²) in [5.74, 6) is 0. The van der Waals surface area contributed by atoms with Crippen LogP contribution in [0, 0.1) is 6.92 Å². The van der Waals surface area contributed by atoms with Gasteiger partial charge in [-0.2, -0.15) is 0 Å². The van der Waals surface area contributed by atoms with Crippen LogP contribution in [0.4, 0.5) is 15.3 Å². The van der Waals surface area contributed by atoms with E-state index in [1.807, 2.05) is 39.0 Å². The van der Waals surface area contributed by atoms with Crippen molar-refractivity contribution in [1.29, 1.82) is 0 Å². The molecular weight excluding hydrogens is 374 g/mol. The number of hydrogen-bond donors (Lipinski definition) is 3. The fourth-order valence-corrected chi connectivity index (χ4v) is 2.20. The van der Waals surface area contributed by atoms with Crippen LogP contribution in [0.1, 0.15) is 40.2 Å². The van der Waals surface area contributed by atoms with E-state index in [9.17, 15) is 9.59 Å². The maximum absolute atomic E-state index is 12.2. The molecule has 6 nitrogen and oxygen atoms in total. The number of alkyl carbamates (subject to hydrolysis) is 1. The summed E-state index contributed by atoms with van der Waals surface area (Å²) in [4.78, 5) is 23.9. The van der Waals surface area contributed by atoms with Crippen LogP contribution in [0.5, 0.6) is 0 Å². The molecular formula is C17H26BrN3O3. The lowest BCUT2D eigenvalue weighted by molar-refractivity contribution is 0.0514. The standard InChI is InChI=1S/C17H26BrN3O3/c1-11-7-8-12(18)9-13(11)20-14(22)21-17(5,6)10-19-15(23)24-16(2,3)4/h7-9H,10H2,1-6H3,(H,19,23)(H2,20,21,22). The van der Waals surface area contributed by atoms with Crippen LogP contribution >= 0.6 is 15.9 Å². The Labute approximate surface area is 151 Å². The zero-order chi connectivity index (χ0) is 18.5. The van der Waals surface area contributed by atoms with Gasteiger partial charge >= 0.3 is 12.1 Å². The Morgan fingerprint density at radius 1 is 1.17 bits per heavy atom. The number of aryl methyl sites for hydroxylation is 1. The van der Waals surface area contributed by atoms with Gasteiger partial charge in [-0.1, -0.05) is 22.0 Å². The number of amides is 3. The summed E-state index contributed by atoms with van der Waals surface area (Å²) in [5, 5.41) is 8.30. The van der Waals surface area contributed by atoms with Crippen molar-refractivity contribution < 1.29 is 14.3 Å². The molecule has 3 amide bonds. The Morgan fingerprint density at radius 3 is 2.38 bits per heavy atom. The van der Waals surface area contributed by atoms with Crippen molar-refractivity contribution in [3.8, 4) is 0 Å². The number of urea groups is 1. The normalized spacial score (nSPS) is 11.6. The zero-order valence-electron chi connectivity index (χ0n) is 15.0. The molecule has 24 heavy (non-hydrogen) atoms. The fourth-order valence-electron chi connectivity index (χ4n) is 1.84. The maximum Gasteiger partial charge on any atom is 0.407 e. The molecule has 0 radical (unpaired) electrons. The molecule has 134 valence electrons. The third kappa shape index (κ3) is 7.68. The van der Waals surface area contributed by atoms with Crippen molar-refractivity contribution in [2.24, 2.45) is 0 Å². The Bertz CT molecular complexity index is 610. The summed E-state index contributed by atoms with van der Waals surface area (Å²) in [6, 6.07) is 5.32. The third-order valence-electron chi connectivity index (χ3n) is 2.97. The molecule has 1 rings (SSSR count). The van der Waals surface area contributed by atoms with Crippen LogP contribution < -0.4 is 16.0 Å². The van der Waals surface area contributed by atoms with Crippen LogP contribution in [-0.2, 0) is 4.74 Å². The number of halogens is 1. The predicted octanol–water partition coefficient (Wildman–Crippen LogP) is 4.18. The second-order valence-corrected chi connectivity index (χ2v) is 8.19. The first-order chi connectivity index (χ1) is 10.9. The van der Waals surface area contributed by atoms with Gasteiger partial charge in [0.15, 0.2) is 0 Å². The summed E-state index contributed by atoms with van der Waals surface area (Å²) < 4.78 is 6.06. The molecule has 0 aromatic heterocycles. The van der Waals surface area contributed by atoms with E-state index in [-0.39, 0.29) is 12.6 Å². The third-order valence-corrected chi connectivity index (χ3v) is 3.47. The van der Waals surface area contributed by atoms with Gasteiger partial charge in [-0.25, -0.2) is 9.59 Å². The first kappa shape index (κ1) is 20.3. The van der Waals surface area contributed by atoms with Crippen LogP contribution in [0.3, 0.4) is 0 Å². The Kier molecular flexibility index (Phi) is 6.66. The highest BCUT2D eigenvalue weighted by Crippen LogP contribution is 2.20. The van der Waals surface area contributed by atoms with Gasteiger partial charge in [-0.3, -0.25) is 0 Å². The second kappa shape index (κ2) is 7.88. The molecule has 0 aliphatic carbocycles. The molecule has 3 N–H and O–H groups in total. The highest BCUT2D eigenvalue weighted by molar-refractivity contribution is 9.10. The second-order valence-electron chi connectivity index (χ2n) is 7.28. The maximum atomic E-state index is 12.2. The molecule has 0 aliphatic rings. The Hall–Kier alpha value is -1.76. The molecule has 1 aromatic rings. The lowest BCUT2D eigenvalue weighted by atomic mass is 10.1. The van der Waals surface area contributed by atoms with Crippen molar-refractivity contribution >= 4 is 33.7 Å². The molecule has 0 spiro atoms. The Morgan fingerprint density at radius 2 is 1.79 bits per heavy atom. The van der Waals surface area contributed by atoms with Gasteiger partial charge in [-0.05, 0) is 59.2 Å². The summed E-state index contributed by atoms with van der Waals surface area (Å²) >= 11 is 3.38. The van der Waals surface area contributed by atoms with Crippen LogP contribution in [0.15, 0.2) is 22.7 Å². The average molecular weight is 400 g/mol. The molecule has 0 fully saturated rings. The van der Waals surface area contributed by atoms with Crippen molar-refractivity contribution in [1.82, 2.24) is 10.6 Å². The van der Waals surface area contributed by atoms with Crippen molar-refractivity contribution in [2.75, 3.05) is 11.9 Å². The summed E-state index contributed by atoms with van der Waals surface area (Å²) in [6.45, 7) is 11.2. The van der Waals surface area contributed by atoms with E-state index in [2.05, 4.69) is 31.9 Å². The summed E-state index contributed by atoms with van der Waals surface area (Å²) in [6.07, 6.45) is -0.513. The van der Waals surface area contributed by atoms with E-state index in [0.29, 0.717) is 0 Å². The predicted molar refractivity (Wildman–Crippen MR) is 99.3 cm³/mol. The first-order valence-electron chi connectivity index (χ1n) is 7.70. The summed E-state index contributed by atoms with van der Waals surface area (Å²) in [7, 11) is 0. The highest BCUT2D eigenvalue weighted by Gasteiger charge is 2.23. The minimum Gasteiger partial charge on any atom is -0.444 e. The van der Waals surface area contributed by atoms with E-state index in [0.717, 1.165) is 15.7 Å². The number of rotatable bonds is 4. The first-order valence-corrected chi connectivity index (χ1v) is 8.49. The highest BCUT2D eigenvalue weighted by atomic mass is 79.9. The van der Waals surface area contributed by atoms with E-state index in [1.165, 1.54) is 0 Å². The van der Waals surface area contributed by atoms with Gasteiger partial charge in [0.1, 0.15) is 5.60 Å². The van der Waals surface area contributed by atoms with Crippen LogP contribution in [-0.4, -0.2) is 29.8 Å². The van der Waals surface area contributed by atoms with Crippen molar-refractivity contribution in [3.05, 3.63) is 28.2 Å². The molecule has 0 unspecified atom stereocenters. The van der Waals surface area contributed by atoms with Gasteiger partial charge < -0.3 is 20.7 Å². The number of ether oxygens (including phenoxy) is 1. The molecule has 0 bridgehead atoms. The largest absolute Gasteiger partial charge is 0.444 e. The van der Waals surface area contributed by atoms with Gasteiger partial charge in [0.05, 0.1) is 5.54 Å². The Balaban J connectivity index is 2.55. The fraction of sp³-hybridized carbons (Fsp3) is 0.529. The smallest absolute Gasteiger partial charge is 0.407 e. The lowest BCUT2D eigenvalue weighted by Gasteiger charge is -2.28. The van der Waals surface area contributed by atoms with Gasteiger partial charge in [0.25, 0.3) is 0 Å². The number of hydrogen-bond acceptors (Lipinski definition) is 3. The van der Waals surface area contributed by atoms with Crippen LogP contribution in [0.25, 0.3) is 0 Å². The van der Waals surface area contributed by atoms with Gasteiger partial charge in [0.2, 0.25) is 0 Å². The topological polar surface area (TPSA) is 79.5 Å². The van der Waals surface area contributed by atoms with E-state index >= 15 is 0 Å². The van der Waals surface area contributed by atoms with Crippen molar-refractivity contribution in [2.45, 2.75) is 52.7 Å². The number of benzene rings is 1. The van der Waals surface area contributed by atoms with E-state index in [1.54, 1.807) is 20.8 Å². The molecule has 0 heterocycles. The molecule has 7 heteroatoms. The van der Waals surface area contributed by atoms with E-state index < -0.39 is 17.2 Å². The van der Waals surface area contributed by atoms with E-state index in [4.69, 9.17) is 4.74 Å². The molecule has 0 aliphatic heterocycles. The van der Waals surface area contributed by atoms with Gasteiger partial charge in [0, 0.05) is 16.7 Å². The molecule has 0 saturated carbocycles. The average Bonchev–Trinajstić information content (AvgIpc) is 2.38. The van der Waals surface area contributed by atoms with Gasteiger partial charge in [-0.15, -0.1) is 0 Å². The number of nitrogens with one attached hydrogen (secondary N) is 3. The minimum absolute atomic E-state index is 0.243. The SMILES string of the molecule is Cc1ccc(Br)cc1NC(=O)NC(C)(C)CNC(=O)OC(C)(C)C. The number of carbonyl (C=O) groups excluding carboxylic acids is 2. The number of anilines is 1. The van der Waals surface area contributed by atoms with Crippen LogP contribution in [0.2, 0.25) is 0 Å². The molecule has 0 atom stereocenters. The quantitative estimate of drug-likeness (QED) is 0.709. The number of carbonyl (C=O) groups is 2. The minimum atomic E-state index is -0.638. The zero-order valence-corrected chi connectivity index (χ0v) is 16.6. The lowest BCUT2D eigenvalue weighted by Crippen LogP contribution is -2.53. The van der Waals surface area contributed by atoms with Crippen molar-refractivity contribution in [3.63, 3.8) is 0 Å². The monoisotopic (exact) mass is 399 g/mol. The molecule has 0 saturated heterocycles.